The monoisotopic (exact) mass is 220 g/mol. The maximum atomic E-state index is 10.5. The lowest BCUT2D eigenvalue weighted by Gasteiger charge is -1.92. The topological polar surface area (TPSA) is 54.4 Å². The van der Waals surface area contributed by atoms with Gasteiger partial charge < -0.3 is 9.90 Å². The first-order chi connectivity index (χ1) is 7.41. The molecular formula is C13H16O3. The van der Waals surface area contributed by atoms with Crippen LogP contribution in [0.1, 0.15) is 26.3 Å². The molecule has 0 amide bonds. The Hall–Kier alpha value is -1.90. The third kappa shape index (κ3) is 8.69. The zero-order chi connectivity index (χ0) is 12.6. The molecule has 3 heteroatoms. The van der Waals surface area contributed by atoms with E-state index in [1.165, 1.54) is 26.8 Å². The summed E-state index contributed by atoms with van der Waals surface area (Å²) in [5, 5.41) is 8.94. The molecule has 0 heterocycles. The highest BCUT2D eigenvalue weighted by atomic mass is 16.3. The number of carbonyl (C=O) groups is 2. The quantitative estimate of drug-likeness (QED) is 0.779. The molecule has 0 aromatic heterocycles. The number of phenols is 1. The highest BCUT2D eigenvalue weighted by Crippen LogP contribution is 2.10. The first-order valence-corrected chi connectivity index (χ1v) is 4.86. The van der Waals surface area contributed by atoms with Gasteiger partial charge in [-0.1, -0.05) is 18.2 Å². The van der Waals surface area contributed by atoms with Crippen molar-refractivity contribution < 1.29 is 14.7 Å². The fraction of sp³-hybridized carbons (Fsp3) is 0.231. The van der Waals surface area contributed by atoms with E-state index in [4.69, 9.17) is 5.11 Å². The molecule has 0 aliphatic heterocycles. The van der Waals surface area contributed by atoms with Crippen molar-refractivity contribution in [3.05, 3.63) is 35.9 Å². The molecule has 1 N–H and O–H groups in total. The molecule has 1 aromatic carbocycles. The minimum absolute atomic E-state index is 0.0167. The fourth-order valence-corrected chi connectivity index (χ4v) is 0.799. The van der Waals surface area contributed by atoms with Gasteiger partial charge in [0.25, 0.3) is 0 Å². The molecule has 0 radical (unpaired) electrons. The standard InChI is InChI=1S/C10H10O2.C3H6O/c1-8(11)2-3-9-4-6-10(12)7-5-9;1-3(2)4/h2-7,12H,1H3;1-2H3/b3-2+;. The Balaban J connectivity index is 0.000000487. The van der Waals surface area contributed by atoms with E-state index >= 15 is 0 Å². The van der Waals surface area contributed by atoms with Gasteiger partial charge in [-0.05, 0) is 44.5 Å². The second-order valence-electron chi connectivity index (χ2n) is 3.44. The van der Waals surface area contributed by atoms with Gasteiger partial charge in [0.1, 0.15) is 11.5 Å². The zero-order valence-corrected chi connectivity index (χ0v) is 9.73. The molecule has 0 atom stereocenters. The molecule has 86 valence electrons. The number of benzene rings is 1. The molecule has 0 spiro atoms. The van der Waals surface area contributed by atoms with Crippen LogP contribution >= 0.6 is 0 Å². The summed E-state index contributed by atoms with van der Waals surface area (Å²) in [6.07, 6.45) is 3.20. The number of carbonyl (C=O) groups excluding carboxylic acids is 2. The fourth-order valence-electron chi connectivity index (χ4n) is 0.799. The lowest BCUT2D eigenvalue weighted by molar-refractivity contribution is -0.115. The van der Waals surface area contributed by atoms with Gasteiger partial charge in [-0.3, -0.25) is 4.79 Å². The van der Waals surface area contributed by atoms with Gasteiger partial charge in [-0.15, -0.1) is 0 Å². The molecule has 0 aliphatic carbocycles. The minimum atomic E-state index is 0.0167. The van der Waals surface area contributed by atoms with Crippen LogP contribution in [0.2, 0.25) is 0 Å². The molecule has 0 saturated heterocycles. The second kappa shape index (κ2) is 7.40. The van der Waals surface area contributed by atoms with Crippen LogP contribution < -0.4 is 0 Å². The maximum absolute atomic E-state index is 10.5. The van der Waals surface area contributed by atoms with Crippen molar-refractivity contribution in [3.8, 4) is 5.75 Å². The average Bonchev–Trinajstić information content (AvgIpc) is 2.16. The summed E-state index contributed by atoms with van der Waals surface area (Å²) in [5.41, 5.74) is 0.906. The summed E-state index contributed by atoms with van der Waals surface area (Å²) >= 11 is 0. The second-order valence-corrected chi connectivity index (χ2v) is 3.44. The Bertz CT molecular complexity index is 371. The highest BCUT2D eigenvalue weighted by Gasteiger charge is 1.88. The van der Waals surface area contributed by atoms with Crippen LogP contribution in [0.3, 0.4) is 0 Å². The maximum Gasteiger partial charge on any atom is 0.152 e. The molecule has 0 bridgehead atoms. The molecule has 0 unspecified atom stereocenters. The number of ketones is 2. The van der Waals surface area contributed by atoms with Crippen molar-refractivity contribution in [2.45, 2.75) is 20.8 Å². The summed E-state index contributed by atoms with van der Waals surface area (Å²) in [4.78, 5) is 20.0. The molecule has 0 saturated carbocycles. The van der Waals surface area contributed by atoms with E-state index in [1.54, 1.807) is 30.3 Å². The third-order valence-corrected chi connectivity index (χ3v) is 1.40. The van der Waals surface area contributed by atoms with Crippen LogP contribution in [0.15, 0.2) is 30.3 Å². The predicted octanol–water partition coefficient (Wildman–Crippen LogP) is 2.59. The Kier molecular flexibility index (Phi) is 6.52. The Labute approximate surface area is 95.4 Å². The van der Waals surface area contributed by atoms with Crippen LogP contribution in [-0.4, -0.2) is 16.7 Å². The van der Waals surface area contributed by atoms with E-state index in [2.05, 4.69) is 0 Å². The number of allylic oxidation sites excluding steroid dienone is 1. The summed E-state index contributed by atoms with van der Waals surface area (Å²) < 4.78 is 0. The number of hydrogen-bond acceptors (Lipinski definition) is 3. The number of phenolic OH excluding ortho intramolecular Hbond substituents is 1. The van der Waals surface area contributed by atoms with Gasteiger partial charge in [0.05, 0.1) is 0 Å². The van der Waals surface area contributed by atoms with E-state index in [0.717, 1.165) is 5.56 Å². The smallest absolute Gasteiger partial charge is 0.152 e. The first-order valence-electron chi connectivity index (χ1n) is 4.86. The van der Waals surface area contributed by atoms with Gasteiger partial charge in [0, 0.05) is 0 Å². The normalized spacial score (nSPS) is 9.44. The lowest BCUT2D eigenvalue weighted by Crippen LogP contribution is -1.79. The summed E-state index contributed by atoms with van der Waals surface area (Å²) in [6.45, 7) is 4.55. The number of aromatic hydroxyl groups is 1. The van der Waals surface area contributed by atoms with Crippen LogP contribution in [0.4, 0.5) is 0 Å². The van der Waals surface area contributed by atoms with E-state index < -0.39 is 0 Å². The third-order valence-electron chi connectivity index (χ3n) is 1.40. The molecule has 16 heavy (non-hydrogen) atoms. The van der Waals surface area contributed by atoms with E-state index in [-0.39, 0.29) is 17.3 Å². The van der Waals surface area contributed by atoms with Gasteiger partial charge in [-0.2, -0.15) is 0 Å². The molecule has 3 nitrogen and oxygen atoms in total. The predicted molar refractivity (Wildman–Crippen MR) is 64.2 cm³/mol. The van der Waals surface area contributed by atoms with Crippen molar-refractivity contribution in [1.82, 2.24) is 0 Å². The minimum Gasteiger partial charge on any atom is -0.508 e. The highest BCUT2D eigenvalue weighted by molar-refractivity contribution is 5.91. The number of hydrogen-bond donors (Lipinski definition) is 1. The van der Waals surface area contributed by atoms with Crippen molar-refractivity contribution in [3.63, 3.8) is 0 Å². The summed E-state index contributed by atoms with van der Waals surface area (Å²) in [6, 6.07) is 6.66. The molecule has 1 rings (SSSR count). The Morgan fingerprint density at radius 2 is 1.50 bits per heavy atom. The van der Waals surface area contributed by atoms with Crippen LogP contribution in [-0.2, 0) is 9.59 Å². The molecular weight excluding hydrogens is 204 g/mol. The number of Topliss-reactive ketones (excluding diaryl/α,β-unsaturated/α-hetero) is 1. The van der Waals surface area contributed by atoms with Crippen molar-refractivity contribution in [1.29, 1.82) is 0 Å². The van der Waals surface area contributed by atoms with Gasteiger partial charge in [0.15, 0.2) is 5.78 Å². The van der Waals surface area contributed by atoms with Crippen LogP contribution in [0.5, 0.6) is 5.75 Å². The molecule has 0 fully saturated rings. The zero-order valence-electron chi connectivity index (χ0n) is 9.73. The van der Waals surface area contributed by atoms with E-state index in [9.17, 15) is 9.59 Å². The van der Waals surface area contributed by atoms with Gasteiger partial charge in [-0.25, -0.2) is 0 Å². The average molecular weight is 220 g/mol. The summed E-state index contributed by atoms with van der Waals surface area (Å²) in [5.74, 6) is 0.415. The molecule has 1 aromatic rings. The van der Waals surface area contributed by atoms with Gasteiger partial charge in [0.2, 0.25) is 0 Å². The Morgan fingerprint density at radius 3 is 1.88 bits per heavy atom. The van der Waals surface area contributed by atoms with E-state index in [0.29, 0.717) is 0 Å². The first kappa shape index (κ1) is 14.1. The summed E-state index contributed by atoms with van der Waals surface area (Å²) in [7, 11) is 0. The SMILES string of the molecule is CC(=O)/C=C/c1ccc(O)cc1.CC(C)=O. The van der Waals surface area contributed by atoms with Crippen LogP contribution in [0.25, 0.3) is 6.08 Å². The lowest BCUT2D eigenvalue weighted by atomic mass is 10.2. The number of rotatable bonds is 2. The molecule has 0 aliphatic rings. The largest absolute Gasteiger partial charge is 0.508 e. The Morgan fingerprint density at radius 1 is 1.06 bits per heavy atom. The van der Waals surface area contributed by atoms with Gasteiger partial charge >= 0.3 is 0 Å². The van der Waals surface area contributed by atoms with Crippen molar-refractivity contribution >= 4 is 17.6 Å². The van der Waals surface area contributed by atoms with Crippen molar-refractivity contribution in [2.75, 3.05) is 0 Å². The van der Waals surface area contributed by atoms with E-state index in [1.807, 2.05) is 0 Å². The van der Waals surface area contributed by atoms with Crippen LogP contribution in [0, 0.1) is 0 Å². The van der Waals surface area contributed by atoms with Crippen molar-refractivity contribution in [2.24, 2.45) is 0 Å².